The molecule has 21 heavy (non-hydrogen) atoms. The van der Waals surface area contributed by atoms with Gasteiger partial charge in [0.2, 0.25) is 0 Å². The molecule has 0 atom stereocenters. The fourth-order valence-electron chi connectivity index (χ4n) is 2.12. The molecule has 0 spiro atoms. The third-order valence-corrected chi connectivity index (χ3v) is 4.70. The molecule has 3 nitrogen and oxygen atoms in total. The van der Waals surface area contributed by atoms with Gasteiger partial charge in [0.25, 0.3) is 5.91 Å². The van der Waals surface area contributed by atoms with Crippen molar-refractivity contribution in [1.82, 2.24) is 4.98 Å². The van der Waals surface area contributed by atoms with Crippen molar-refractivity contribution in [3.05, 3.63) is 58.6 Å². The van der Waals surface area contributed by atoms with Crippen LogP contribution in [0.1, 0.15) is 17.3 Å². The van der Waals surface area contributed by atoms with E-state index in [9.17, 15) is 4.79 Å². The van der Waals surface area contributed by atoms with E-state index in [1.807, 2.05) is 55.5 Å². The summed E-state index contributed by atoms with van der Waals surface area (Å²) in [6.07, 6.45) is 0. The number of hydrogen-bond donors (Lipinski definition) is 0. The van der Waals surface area contributed by atoms with E-state index >= 15 is 0 Å². The quantitative estimate of drug-likeness (QED) is 0.676. The van der Waals surface area contributed by atoms with Gasteiger partial charge in [0.1, 0.15) is 0 Å². The number of thiazole rings is 1. The lowest BCUT2D eigenvalue weighted by Crippen LogP contribution is -2.30. The number of aromatic nitrogens is 1. The Morgan fingerprint density at radius 3 is 2.76 bits per heavy atom. The average molecular weight is 361 g/mol. The van der Waals surface area contributed by atoms with Gasteiger partial charge in [0.15, 0.2) is 5.13 Å². The highest BCUT2D eigenvalue weighted by Crippen LogP contribution is 2.29. The van der Waals surface area contributed by atoms with E-state index in [0.29, 0.717) is 12.1 Å². The van der Waals surface area contributed by atoms with Crippen LogP contribution in [0, 0.1) is 0 Å². The molecule has 3 aromatic rings. The predicted octanol–water partition coefficient (Wildman–Crippen LogP) is 4.73. The third-order valence-electron chi connectivity index (χ3n) is 3.15. The Balaban J connectivity index is 1.99. The molecular formula is C16H13BrN2OS. The number of para-hydroxylation sites is 1. The maximum Gasteiger partial charge on any atom is 0.260 e. The number of hydrogen-bond acceptors (Lipinski definition) is 3. The van der Waals surface area contributed by atoms with Gasteiger partial charge in [-0.2, -0.15) is 0 Å². The highest BCUT2D eigenvalue weighted by molar-refractivity contribution is 9.10. The number of nitrogens with zero attached hydrogens (tertiary/aromatic N) is 2. The molecule has 0 aliphatic carbocycles. The molecule has 106 valence electrons. The number of halogens is 1. The second kappa shape index (κ2) is 5.95. The van der Waals surface area contributed by atoms with Crippen molar-refractivity contribution >= 4 is 48.5 Å². The van der Waals surface area contributed by atoms with Gasteiger partial charge >= 0.3 is 0 Å². The van der Waals surface area contributed by atoms with Gasteiger partial charge < -0.3 is 0 Å². The molecule has 0 N–H and O–H groups in total. The zero-order valence-corrected chi connectivity index (χ0v) is 13.8. The minimum absolute atomic E-state index is 0.0298. The summed E-state index contributed by atoms with van der Waals surface area (Å²) in [5.41, 5.74) is 1.59. The molecule has 0 unspecified atom stereocenters. The molecule has 0 aliphatic heterocycles. The molecule has 2 aromatic carbocycles. The number of benzene rings is 2. The number of carbonyl (C=O) groups is 1. The van der Waals surface area contributed by atoms with Crippen LogP contribution in [-0.4, -0.2) is 17.4 Å². The van der Waals surface area contributed by atoms with E-state index in [2.05, 4.69) is 20.9 Å². The van der Waals surface area contributed by atoms with Crippen molar-refractivity contribution in [1.29, 1.82) is 0 Å². The van der Waals surface area contributed by atoms with Gasteiger partial charge in [-0.05, 0) is 37.3 Å². The van der Waals surface area contributed by atoms with E-state index < -0.39 is 0 Å². The normalized spacial score (nSPS) is 10.8. The van der Waals surface area contributed by atoms with Crippen LogP contribution in [0.4, 0.5) is 5.13 Å². The van der Waals surface area contributed by atoms with Gasteiger partial charge in [-0.1, -0.05) is 45.5 Å². The van der Waals surface area contributed by atoms with E-state index in [-0.39, 0.29) is 5.91 Å². The van der Waals surface area contributed by atoms with Crippen molar-refractivity contribution in [2.75, 3.05) is 11.4 Å². The molecule has 0 saturated heterocycles. The summed E-state index contributed by atoms with van der Waals surface area (Å²) in [6, 6.07) is 15.4. The van der Waals surface area contributed by atoms with Crippen LogP contribution >= 0.6 is 27.3 Å². The largest absolute Gasteiger partial charge is 0.284 e. The number of fused-ring (bicyclic) bond motifs is 1. The van der Waals surface area contributed by atoms with Crippen LogP contribution < -0.4 is 4.90 Å². The first-order valence-electron chi connectivity index (χ1n) is 6.62. The second-order valence-electron chi connectivity index (χ2n) is 4.52. The lowest BCUT2D eigenvalue weighted by atomic mass is 10.2. The van der Waals surface area contributed by atoms with E-state index in [4.69, 9.17) is 0 Å². The smallest absolute Gasteiger partial charge is 0.260 e. The van der Waals surface area contributed by atoms with Crippen LogP contribution in [0.25, 0.3) is 10.2 Å². The lowest BCUT2D eigenvalue weighted by Gasteiger charge is -2.17. The number of amides is 1. The molecule has 0 saturated carbocycles. The first-order valence-corrected chi connectivity index (χ1v) is 8.23. The summed E-state index contributed by atoms with van der Waals surface area (Å²) in [5, 5.41) is 0.740. The zero-order chi connectivity index (χ0) is 14.8. The van der Waals surface area contributed by atoms with Crippen LogP contribution in [0.3, 0.4) is 0 Å². The summed E-state index contributed by atoms with van der Waals surface area (Å²) >= 11 is 4.94. The van der Waals surface area contributed by atoms with Crippen LogP contribution in [0.5, 0.6) is 0 Å². The van der Waals surface area contributed by atoms with Crippen LogP contribution in [0.15, 0.2) is 53.0 Å². The van der Waals surface area contributed by atoms with Crippen LogP contribution in [0.2, 0.25) is 0 Å². The Labute approximate surface area is 135 Å². The zero-order valence-electron chi connectivity index (χ0n) is 11.4. The Kier molecular flexibility index (Phi) is 4.03. The van der Waals surface area contributed by atoms with E-state index in [0.717, 1.165) is 19.8 Å². The molecule has 1 amide bonds. The second-order valence-corrected chi connectivity index (χ2v) is 6.45. The van der Waals surface area contributed by atoms with Crippen molar-refractivity contribution in [3.8, 4) is 0 Å². The number of anilines is 1. The third kappa shape index (κ3) is 2.84. The highest BCUT2D eigenvalue weighted by atomic mass is 79.9. The number of rotatable bonds is 3. The summed E-state index contributed by atoms with van der Waals surface area (Å²) in [5.74, 6) is -0.0298. The van der Waals surface area contributed by atoms with Gasteiger partial charge in [-0.25, -0.2) is 4.98 Å². The first-order chi connectivity index (χ1) is 10.2. The highest BCUT2D eigenvalue weighted by Gasteiger charge is 2.19. The first kappa shape index (κ1) is 14.2. The number of carbonyl (C=O) groups excluding carboxylic acids is 1. The predicted molar refractivity (Wildman–Crippen MR) is 91.1 cm³/mol. The molecule has 0 radical (unpaired) electrons. The lowest BCUT2D eigenvalue weighted by molar-refractivity contribution is 0.0988. The topological polar surface area (TPSA) is 33.2 Å². The van der Waals surface area contributed by atoms with Crippen molar-refractivity contribution < 1.29 is 4.79 Å². The van der Waals surface area contributed by atoms with Gasteiger partial charge in [0.05, 0.1) is 10.2 Å². The summed E-state index contributed by atoms with van der Waals surface area (Å²) in [7, 11) is 0. The molecule has 3 rings (SSSR count). The summed E-state index contributed by atoms with van der Waals surface area (Å²) in [6.45, 7) is 2.55. The SMILES string of the molecule is CCN(C(=O)c1cccc(Br)c1)c1nc2ccccc2s1. The standard InChI is InChI=1S/C16H13BrN2OS/c1-2-19(15(20)11-6-5-7-12(17)10-11)16-18-13-8-3-4-9-14(13)21-16/h3-10H,2H2,1H3. The average Bonchev–Trinajstić information content (AvgIpc) is 2.91. The van der Waals surface area contributed by atoms with Gasteiger partial charge in [-0.15, -0.1) is 0 Å². The molecule has 1 aromatic heterocycles. The van der Waals surface area contributed by atoms with E-state index in [1.165, 1.54) is 11.3 Å². The minimum Gasteiger partial charge on any atom is -0.284 e. The van der Waals surface area contributed by atoms with Crippen molar-refractivity contribution in [2.45, 2.75) is 6.92 Å². The fourth-order valence-corrected chi connectivity index (χ4v) is 3.55. The van der Waals surface area contributed by atoms with E-state index in [1.54, 1.807) is 4.90 Å². The molecular weight excluding hydrogens is 348 g/mol. The molecule has 0 aliphatic rings. The minimum atomic E-state index is -0.0298. The Morgan fingerprint density at radius 2 is 2.05 bits per heavy atom. The van der Waals surface area contributed by atoms with Gasteiger partial charge in [-0.3, -0.25) is 9.69 Å². The Hall–Kier alpha value is -1.72. The molecule has 5 heteroatoms. The Morgan fingerprint density at radius 1 is 1.24 bits per heavy atom. The fraction of sp³-hybridized carbons (Fsp3) is 0.125. The monoisotopic (exact) mass is 360 g/mol. The van der Waals surface area contributed by atoms with Crippen molar-refractivity contribution in [2.24, 2.45) is 0 Å². The summed E-state index contributed by atoms with van der Waals surface area (Å²) < 4.78 is 1.99. The van der Waals surface area contributed by atoms with Crippen molar-refractivity contribution in [3.63, 3.8) is 0 Å². The summed E-state index contributed by atoms with van der Waals surface area (Å²) in [4.78, 5) is 19.0. The molecule has 1 heterocycles. The maximum absolute atomic E-state index is 12.7. The van der Waals surface area contributed by atoms with Gasteiger partial charge in [0, 0.05) is 16.6 Å². The molecule has 0 fully saturated rings. The Bertz CT molecular complexity index is 767. The molecule has 0 bridgehead atoms. The van der Waals surface area contributed by atoms with Crippen LogP contribution in [-0.2, 0) is 0 Å². The maximum atomic E-state index is 12.7.